The second-order valence-electron chi connectivity index (χ2n) is 10.5. The molecule has 1 aromatic carbocycles. The third-order valence-electron chi connectivity index (χ3n) is 7.43. The van der Waals surface area contributed by atoms with Crippen LogP contribution in [0, 0.1) is 11.8 Å². The number of aliphatic carboxylic acids is 1. The van der Waals surface area contributed by atoms with Crippen molar-refractivity contribution in [2.24, 2.45) is 11.8 Å². The monoisotopic (exact) mass is 475 g/mol. The minimum Gasteiger partial charge on any atom is -0.497 e. The van der Waals surface area contributed by atoms with Crippen LogP contribution in [0.25, 0.3) is 0 Å². The minimum absolute atomic E-state index is 0.0984. The number of carboxylic acid groups (broad SMARTS) is 1. The second kappa shape index (κ2) is 8.68. The van der Waals surface area contributed by atoms with Crippen LogP contribution in [0.15, 0.2) is 18.2 Å². The van der Waals surface area contributed by atoms with Gasteiger partial charge in [-0.2, -0.15) is 0 Å². The molecule has 180 valence electrons. The van der Waals surface area contributed by atoms with E-state index in [0.29, 0.717) is 24.2 Å². The number of amides is 2. The highest BCUT2D eigenvalue weighted by atomic mass is 28.4. The van der Waals surface area contributed by atoms with E-state index in [4.69, 9.17) is 9.16 Å². The van der Waals surface area contributed by atoms with Gasteiger partial charge in [-0.1, -0.05) is 20.8 Å². The Morgan fingerprint density at radius 3 is 2.39 bits per heavy atom. The van der Waals surface area contributed by atoms with Gasteiger partial charge < -0.3 is 14.3 Å². The number of hydrogen-bond acceptors (Lipinski definition) is 6. The van der Waals surface area contributed by atoms with Gasteiger partial charge in [-0.3, -0.25) is 19.3 Å². The molecule has 0 unspecified atom stereocenters. The van der Waals surface area contributed by atoms with E-state index in [0.717, 1.165) is 10.5 Å². The molecule has 1 aromatic rings. The average molecular weight is 476 g/mol. The number of ether oxygens (including phenoxy) is 1. The number of aryl methyl sites for hydroxylation is 1. The molecule has 33 heavy (non-hydrogen) atoms. The quantitative estimate of drug-likeness (QED) is 0.395. The molecule has 1 aliphatic heterocycles. The summed E-state index contributed by atoms with van der Waals surface area (Å²) in [6.45, 7) is 12.2. The van der Waals surface area contributed by atoms with Crippen LogP contribution in [-0.2, 0) is 25.2 Å². The first kappa shape index (κ1) is 25.1. The number of ketones is 1. The Morgan fingerprint density at radius 2 is 1.85 bits per heavy atom. The summed E-state index contributed by atoms with van der Waals surface area (Å²) in [5.74, 6) is -4.57. The minimum atomic E-state index is -2.25. The van der Waals surface area contributed by atoms with Crippen molar-refractivity contribution in [3.63, 3.8) is 0 Å². The van der Waals surface area contributed by atoms with Gasteiger partial charge in [-0.05, 0) is 61.7 Å². The molecule has 0 bridgehead atoms. The molecule has 0 radical (unpaired) electrons. The highest BCUT2D eigenvalue weighted by Crippen LogP contribution is 2.44. The summed E-state index contributed by atoms with van der Waals surface area (Å²) < 4.78 is 11.7. The van der Waals surface area contributed by atoms with Crippen LogP contribution in [0.2, 0.25) is 18.1 Å². The van der Waals surface area contributed by atoms with Gasteiger partial charge in [-0.25, -0.2) is 4.79 Å². The zero-order valence-corrected chi connectivity index (χ0v) is 21.3. The van der Waals surface area contributed by atoms with Gasteiger partial charge in [0.1, 0.15) is 5.75 Å². The third kappa shape index (κ3) is 4.36. The number of likely N-dealkylation sites (tertiary alicyclic amines) is 1. The second-order valence-corrected chi connectivity index (χ2v) is 15.2. The van der Waals surface area contributed by atoms with E-state index in [2.05, 4.69) is 33.9 Å². The van der Waals surface area contributed by atoms with Gasteiger partial charge in [0, 0.05) is 11.5 Å². The maximum absolute atomic E-state index is 13.4. The number of carbonyl (C=O) groups excluding carboxylic acids is 3. The first-order chi connectivity index (χ1) is 15.2. The fourth-order valence-electron chi connectivity index (χ4n) is 4.61. The maximum atomic E-state index is 13.4. The van der Waals surface area contributed by atoms with Crippen LogP contribution in [0.4, 0.5) is 0 Å². The fraction of sp³-hybridized carbons (Fsp3) is 0.583. The molecule has 1 heterocycles. The molecule has 1 fully saturated rings. The van der Waals surface area contributed by atoms with E-state index in [1.165, 1.54) is 0 Å². The largest absolute Gasteiger partial charge is 0.497 e. The molecule has 2 aliphatic rings. The molecule has 0 aromatic heterocycles. The van der Waals surface area contributed by atoms with Gasteiger partial charge in [0.15, 0.2) is 14.1 Å². The Balaban J connectivity index is 1.95. The Kier molecular flexibility index (Phi) is 6.60. The first-order valence-electron chi connectivity index (χ1n) is 11.2. The smallest absolute Gasteiger partial charge is 0.395 e. The molecule has 3 rings (SSSR count). The molecule has 0 saturated carbocycles. The number of benzene rings is 1. The molecule has 1 saturated heterocycles. The molecule has 1 N–H and O–H groups in total. The standard InChI is InChI=1S/C24H33NO7Si/c1-13(32-33(6,7)24(2,3)4)18-19(25(21(18)27)22(28)23(29)30)17-10-8-14-12-15(31-5)9-11-16(14)20(17)26/h9,11-13,17-19H,8,10H2,1-7H3,(H,29,30)/t13-,17-,18-,19-/m1/s1. The van der Waals surface area contributed by atoms with Crippen molar-refractivity contribution in [1.82, 2.24) is 4.90 Å². The number of nitrogens with zero attached hydrogens (tertiary/aromatic N) is 1. The highest BCUT2D eigenvalue weighted by Gasteiger charge is 2.60. The van der Waals surface area contributed by atoms with E-state index in [-0.39, 0.29) is 10.8 Å². The summed E-state index contributed by atoms with van der Waals surface area (Å²) in [5.41, 5.74) is 1.37. The molecule has 1 aliphatic carbocycles. The van der Waals surface area contributed by atoms with Gasteiger partial charge in [-0.15, -0.1) is 0 Å². The molecule has 2 amide bonds. The predicted octanol–water partition coefficient (Wildman–Crippen LogP) is 3.29. The zero-order chi connectivity index (χ0) is 24.9. The maximum Gasteiger partial charge on any atom is 0.395 e. The third-order valence-corrected chi connectivity index (χ3v) is 12.0. The van der Waals surface area contributed by atoms with E-state index < -0.39 is 50.1 Å². The highest BCUT2D eigenvalue weighted by molar-refractivity contribution is 6.74. The lowest BCUT2D eigenvalue weighted by Crippen LogP contribution is -2.71. The summed E-state index contributed by atoms with van der Waals surface area (Å²) in [5, 5.41) is 9.19. The van der Waals surface area contributed by atoms with Crippen molar-refractivity contribution in [2.75, 3.05) is 7.11 Å². The Hall–Kier alpha value is -2.52. The summed E-state index contributed by atoms with van der Waals surface area (Å²) in [6, 6.07) is 4.36. The number of β-lactam (4-membered cyclic amide) rings is 1. The van der Waals surface area contributed by atoms with E-state index in [1.807, 2.05) is 6.07 Å². The van der Waals surface area contributed by atoms with Crippen LogP contribution < -0.4 is 4.74 Å². The van der Waals surface area contributed by atoms with Crippen molar-refractivity contribution in [3.8, 4) is 5.75 Å². The topological polar surface area (TPSA) is 110 Å². The number of imide groups is 1. The van der Waals surface area contributed by atoms with Crippen LogP contribution in [0.3, 0.4) is 0 Å². The Labute approximate surface area is 195 Å². The lowest BCUT2D eigenvalue weighted by atomic mass is 9.69. The van der Waals surface area contributed by atoms with Crippen LogP contribution in [0.5, 0.6) is 5.75 Å². The SMILES string of the molecule is COc1ccc2c(c1)CC[C@H]([C@@H]1[C@@H]([C@@H](C)O[Si](C)(C)C(C)(C)C)C(=O)N1C(=O)C(=O)O)C2=O. The van der Waals surface area contributed by atoms with Crippen molar-refractivity contribution in [1.29, 1.82) is 0 Å². The van der Waals surface area contributed by atoms with Gasteiger partial charge >= 0.3 is 11.9 Å². The Bertz CT molecular complexity index is 997. The summed E-state index contributed by atoms with van der Waals surface area (Å²) >= 11 is 0. The summed E-state index contributed by atoms with van der Waals surface area (Å²) in [4.78, 5) is 51.0. The van der Waals surface area contributed by atoms with Crippen LogP contribution in [-0.4, -0.2) is 61.1 Å². The number of carbonyl (C=O) groups is 4. The summed E-state index contributed by atoms with van der Waals surface area (Å²) in [6.07, 6.45) is 0.419. The number of hydrogen-bond donors (Lipinski definition) is 1. The van der Waals surface area contributed by atoms with Crippen molar-refractivity contribution < 1.29 is 33.4 Å². The van der Waals surface area contributed by atoms with E-state index >= 15 is 0 Å². The lowest BCUT2D eigenvalue weighted by molar-refractivity contribution is -0.180. The zero-order valence-electron chi connectivity index (χ0n) is 20.3. The number of rotatable bonds is 5. The molecular formula is C24H33NO7Si. The molecule has 8 nitrogen and oxygen atoms in total. The van der Waals surface area contributed by atoms with Crippen LogP contribution in [0.1, 0.15) is 50.0 Å². The molecule has 4 atom stereocenters. The average Bonchev–Trinajstić information content (AvgIpc) is 2.71. The molecule has 9 heteroatoms. The van der Waals surface area contributed by atoms with Gasteiger partial charge in [0.05, 0.1) is 25.2 Å². The van der Waals surface area contributed by atoms with Gasteiger partial charge in [0.2, 0.25) is 5.91 Å². The van der Waals surface area contributed by atoms with E-state index in [1.54, 1.807) is 26.2 Å². The number of fused-ring (bicyclic) bond motifs is 1. The van der Waals surface area contributed by atoms with Crippen molar-refractivity contribution in [3.05, 3.63) is 29.3 Å². The molecular weight excluding hydrogens is 442 g/mol. The Morgan fingerprint density at radius 1 is 1.21 bits per heavy atom. The lowest BCUT2D eigenvalue weighted by Gasteiger charge is -2.52. The van der Waals surface area contributed by atoms with Crippen molar-refractivity contribution in [2.45, 2.75) is 70.8 Å². The fourth-order valence-corrected chi connectivity index (χ4v) is 6.04. The first-order valence-corrected chi connectivity index (χ1v) is 14.1. The number of Topliss-reactive ketones (excluding diaryl/α,β-unsaturated/α-hetero) is 1. The van der Waals surface area contributed by atoms with E-state index in [9.17, 15) is 24.3 Å². The number of carboxylic acids is 1. The van der Waals surface area contributed by atoms with Crippen molar-refractivity contribution >= 4 is 31.9 Å². The molecule has 0 spiro atoms. The van der Waals surface area contributed by atoms with Crippen LogP contribution >= 0.6 is 0 Å². The normalized spacial score (nSPS) is 24.1. The predicted molar refractivity (Wildman–Crippen MR) is 124 cm³/mol. The number of methoxy groups -OCH3 is 1. The van der Waals surface area contributed by atoms with Gasteiger partial charge in [0.25, 0.3) is 0 Å². The summed E-state index contributed by atoms with van der Waals surface area (Å²) in [7, 11) is -0.694.